The molecule has 3 nitrogen and oxygen atoms in total. The molecule has 0 N–H and O–H groups in total. The predicted molar refractivity (Wildman–Crippen MR) is 49.6 cm³/mol. The van der Waals surface area contributed by atoms with Gasteiger partial charge in [0.2, 0.25) is 0 Å². The fourth-order valence-electron chi connectivity index (χ4n) is 1.05. The second kappa shape index (κ2) is 4.20. The molecule has 0 saturated carbocycles. The van der Waals surface area contributed by atoms with Crippen LogP contribution in [0.25, 0.3) is 0 Å². The number of Topliss-reactive ketones (excluding diaryl/α,β-unsaturated/α-hetero) is 1. The van der Waals surface area contributed by atoms with Gasteiger partial charge in [0.05, 0.1) is 12.7 Å². The lowest BCUT2D eigenvalue weighted by atomic mass is 9.91. The molecule has 1 aliphatic heterocycles. The minimum atomic E-state index is -0.292. The molecular weight excluding hydrogens is 168 g/mol. The van der Waals surface area contributed by atoms with Gasteiger partial charge in [-0.2, -0.15) is 0 Å². The van der Waals surface area contributed by atoms with E-state index in [2.05, 4.69) is 0 Å². The Hall–Kier alpha value is -0.410. The van der Waals surface area contributed by atoms with Crippen molar-refractivity contribution in [1.29, 1.82) is 0 Å². The highest BCUT2D eigenvalue weighted by atomic mass is 16.5. The third kappa shape index (κ3) is 3.44. The molecule has 1 atom stereocenters. The summed E-state index contributed by atoms with van der Waals surface area (Å²) >= 11 is 0. The molecule has 1 aliphatic rings. The first-order chi connectivity index (χ1) is 6.00. The van der Waals surface area contributed by atoms with Crippen molar-refractivity contribution in [3.63, 3.8) is 0 Å². The Morgan fingerprint density at radius 2 is 2.23 bits per heavy atom. The van der Waals surface area contributed by atoms with Crippen LogP contribution in [0.3, 0.4) is 0 Å². The van der Waals surface area contributed by atoms with E-state index in [4.69, 9.17) is 9.47 Å². The fraction of sp³-hybridized carbons (Fsp3) is 0.900. The maximum Gasteiger partial charge on any atom is 0.163 e. The van der Waals surface area contributed by atoms with Gasteiger partial charge in [-0.15, -0.1) is 0 Å². The molecule has 0 spiro atoms. The molecular formula is C10H18O3. The molecule has 0 aromatic carbocycles. The topological polar surface area (TPSA) is 35.5 Å². The Labute approximate surface area is 79.4 Å². The van der Waals surface area contributed by atoms with Crippen LogP contribution in [0.15, 0.2) is 0 Å². The lowest BCUT2D eigenvalue weighted by Crippen LogP contribution is -2.27. The van der Waals surface area contributed by atoms with E-state index in [-0.39, 0.29) is 23.9 Å². The van der Waals surface area contributed by atoms with Crippen LogP contribution in [0.1, 0.15) is 27.2 Å². The Kier molecular flexibility index (Phi) is 3.45. The van der Waals surface area contributed by atoms with Gasteiger partial charge in [0.1, 0.15) is 6.61 Å². The predicted octanol–water partition coefficient (Wildman–Crippen LogP) is 1.41. The number of carbonyl (C=O) groups is 1. The molecule has 1 rings (SSSR count). The molecule has 0 aliphatic carbocycles. The molecule has 0 aromatic heterocycles. The third-order valence-corrected chi connectivity index (χ3v) is 2.17. The average molecular weight is 186 g/mol. The van der Waals surface area contributed by atoms with Crippen molar-refractivity contribution >= 4 is 5.78 Å². The summed E-state index contributed by atoms with van der Waals surface area (Å²) < 4.78 is 10.6. The zero-order valence-corrected chi connectivity index (χ0v) is 8.63. The highest BCUT2D eigenvalue weighted by molar-refractivity contribution is 5.84. The van der Waals surface area contributed by atoms with Crippen molar-refractivity contribution < 1.29 is 14.3 Å². The molecule has 1 fully saturated rings. The standard InChI is InChI=1S/C10H18O3/c1-10(2,3)9(11)7-13-8-4-5-12-6-8/h8H,4-7H2,1-3H3. The lowest BCUT2D eigenvalue weighted by Gasteiger charge is -2.17. The van der Waals surface area contributed by atoms with Gasteiger partial charge in [0.25, 0.3) is 0 Å². The largest absolute Gasteiger partial charge is 0.379 e. The zero-order chi connectivity index (χ0) is 9.90. The van der Waals surface area contributed by atoms with Gasteiger partial charge in [0, 0.05) is 12.0 Å². The van der Waals surface area contributed by atoms with E-state index in [0.717, 1.165) is 13.0 Å². The van der Waals surface area contributed by atoms with Gasteiger partial charge >= 0.3 is 0 Å². The minimum Gasteiger partial charge on any atom is -0.379 e. The normalized spacial score (nSPS) is 23.5. The summed E-state index contributed by atoms with van der Waals surface area (Å²) in [7, 11) is 0. The molecule has 0 aromatic rings. The van der Waals surface area contributed by atoms with Gasteiger partial charge < -0.3 is 9.47 Å². The molecule has 0 amide bonds. The zero-order valence-electron chi connectivity index (χ0n) is 8.63. The average Bonchev–Trinajstić information content (AvgIpc) is 2.50. The van der Waals surface area contributed by atoms with Gasteiger partial charge in [0.15, 0.2) is 5.78 Å². The quantitative estimate of drug-likeness (QED) is 0.668. The summed E-state index contributed by atoms with van der Waals surface area (Å²) in [6.45, 7) is 7.33. The van der Waals surface area contributed by atoms with Crippen molar-refractivity contribution in [3.05, 3.63) is 0 Å². The third-order valence-electron chi connectivity index (χ3n) is 2.17. The first kappa shape index (κ1) is 10.7. The maximum atomic E-state index is 11.5. The molecule has 1 heterocycles. The van der Waals surface area contributed by atoms with E-state index >= 15 is 0 Å². The monoisotopic (exact) mass is 186 g/mol. The van der Waals surface area contributed by atoms with E-state index in [9.17, 15) is 4.79 Å². The van der Waals surface area contributed by atoms with Crippen molar-refractivity contribution in [1.82, 2.24) is 0 Å². The van der Waals surface area contributed by atoms with Crippen molar-refractivity contribution in [3.8, 4) is 0 Å². The summed E-state index contributed by atoms with van der Waals surface area (Å²) in [5, 5.41) is 0. The highest BCUT2D eigenvalue weighted by Gasteiger charge is 2.23. The number of ether oxygens (including phenoxy) is 2. The van der Waals surface area contributed by atoms with Crippen molar-refractivity contribution in [2.24, 2.45) is 5.41 Å². The first-order valence-electron chi connectivity index (χ1n) is 4.73. The van der Waals surface area contributed by atoms with Crippen LogP contribution < -0.4 is 0 Å². The van der Waals surface area contributed by atoms with E-state index in [1.807, 2.05) is 20.8 Å². The first-order valence-corrected chi connectivity index (χ1v) is 4.73. The summed E-state index contributed by atoms with van der Waals surface area (Å²) in [6, 6.07) is 0. The van der Waals surface area contributed by atoms with Crippen LogP contribution in [-0.4, -0.2) is 31.7 Å². The van der Waals surface area contributed by atoms with Gasteiger partial charge in [-0.1, -0.05) is 20.8 Å². The van der Waals surface area contributed by atoms with E-state index in [1.54, 1.807) is 0 Å². The summed E-state index contributed by atoms with van der Waals surface area (Å²) in [4.78, 5) is 11.5. The van der Waals surface area contributed by atoms with Crippen LogP contribution in [0, 0.1) is 5.41 Å². The van der Waals surface area contributed by atoms with Crippen LogP contribution >= 0.6 is 0 Å². The van der Waals surface area contributed by atoms with Gasteiger partial charge in [-0.25, -0.2) is 0 Å². The second-order valence-corrected chi connectivity index (χ2v) is 4.47. The Morgan fingerprint density at radius 1 is 1.54 bits per heavy atom. The van der Waals surface area contributed by atoms with Crippen LogP contribution in [0.4, 0.5) is 0 Å². The lowest BCUT2D eigenvalue weighted by molar-refractivity contribution is -0.133. The van der Waals surface area contributed by atoms with E-state index in [0.29, 0.717) is 6.61 Å². The fourth-order valence-corrected chi connectivity index (χ4v) is 1.05. The van der Waals surface area contributed by atoms with E-state index < -0.39 is 0 Å². The summed E-state index contributed by atoms with van der Waals surface area (Å²) in [5.41, 5.74) is -0.292. The minimum absolute atomic E-state index is 0.131. The molecule has 1 unspecified atom stereocenters. The van der Waals surface area contributed by atoms with Crippen LogP contribution in [0.5, 0.6) is 0 Å². The number of hydrogen-bond acceptors (Lipinski definition) is 3. The smallest absolute Gasteiger partial charge is 0.163 e. The molecule has 3 heteroatoms. The van der Waals surface area contributed by atoms with Crippen molar-refractivity contribution in [2.75, 3.05) is 19.8 Å². The molecule has 13 heavy (non-hydrogen) atoms. The molecule has 76 valence electrons. The second-order valence-electron chi connectivity index (χ2n) is 4.47. The SMILES string of the molecule is CC(C)(C)C(=O)COC1CCOC1. The number of hydrogen-bond donors (Lipinski definition) is 0. The Bertz CT molecular complexity index is 175. The van der Waals surface area contributed by atoms with Crippen molar-refractivity contribution in [2.45, 2.75) is 33.3 Å². The maximum absolute atomic E-state index is 11.5. The summed E-state index contributed by atoms with van der Waals surface area (Å²) in [6.07, 6.45) is 1.04. The van der Waals surface area contributed by atoms with Crippen LogP contribution in [-0.2, 0) is 14.3 Å². The number of rotatable bonds is 3. The van der Waals surface area contributed by atoms with E-state index in [1.165, 1.54) is 0 Å². The van der Waals surface area contributed by atoms with Gasteiger partial charge in [-0.3, -0.25) is 4.79 Å². The summed E-state index contributed by atoms with van der Waals surface area (Å²) in [5.74, 6) is 0.152. The Morgan fingerprint density at radius 3 is 2.69 bits per heavy atom. The highest BCUT2D eigenvalue weighted by Crippen LogP contribution is 2.16. The molecule has 0 bridgehead atoms. The number of carbonyl (C=O) groups excluding carboxylic acids is 1. The van der Waals surface area contributed by atoms with Crippen LogP contribution in [0.2, 0.25) is 0 Å². The molecule has 0 radical (unpaired) electrons. The van der Waals surface area contributed by atoms with Gasteiger partial charge in [-0.05, 0) is 6.42 Å². The Balaban J connectivity index is 2.22. The molecule has 1 saturated heterocycles. The number of ketones is 1.